The van der Waals surface area contributed by atoms with Crippen molar-refractivity contribution in [2.75, 3.05) is 6.54 Å². The van der Waals surface area contributed by atoms with Crippen LogP contribution in [0, 0.1) is 5.92 Å². The lowest BCUT2D eigenvalue weighted by Crippen LogP contribution is -2.41. The van der Waals surface area contributed by atoms with Crippen LogP contribution in [0.25, 0.3) is 0 Å². The van der Waals surface area contributed by atoms with E-state index in [0.717, 1.165) is 45.1 Å². The van der Waals surface area contributed by atoms with Crippen LogP contribution < -0.4 is 0 Å². The molecule has 1 unspecified atom stereocenters. The Morgan fingerprint density at radius 1 is 1.04 bits per heavy atom. The first-order valence-corrected chi connectivity index (χ1v) is 9.42. The number of benzene rings is 1. The highest BCUT2D eigenvalue weighted by Crippen LogP contribution is 2.31. The molecule has 3 rings (SSSR count). The number of carbonyl (C=O) groups is 1. The maximum absolute atomic E-state index is 12.8. The van der Waals surface area contributed by atoms with Crippen LogP contribution in [0.4, 0.5) is 0 Å². The zero-order valence-electron chi connectivity index (χ0n) is 15.3. The number of carbonyl (C=O) groups excluding carboxylic acids is 1. The van der Waals surface area contributed by atoms with E-state index in [1.807, 2.05) is 0 Å². The summed E-state index contributed by atoms with van der Waals surface area (Å²) in [5.74, 6) is 0.466. The molecule has 0 aromatic heterocycles. The van der Waals surface area contributed by atoms with Gasteiger partial charge in [0, 0.05) is 18.5 Å². The molecule has 24 heavy (non-hydrogen) atoms. The van der Waals surface area contributed by atoms with E-state index in [1.165, 1.54) is 11.1 Å². The number of likely N-dealkylation sites (tertiary alicyclic amines) is 1. The van der Waals surface area contributed by atoms with Crippen molar-refractivity contribution in [1.29, 1.82) is 0 Å². The predicted octanol–water partition coefficient (Wildman–Crippen LogP) is 3.68. The van der Waals surface area contributed by atoms with Crippen LogP contribution in [-0.2, 0) is 16.6 Å². The smallest absolute Gasteiger partial charge is 0.226 e. The highest BCUT2D eigenvalue weighted by Gasteiger charge is 2.37. The normalized spacial score (nSPS) is 28.4. The van der Waals surface area contributed by atoms with Gasteiger partial charge in [0.15, 0.2) is 0 Å². The van der Waals surface area contributed by atoms with Crippen molar-refractivity contribution in [3.63, 3.8) is 0 Å². The second kappa shape index (κ2) is 6.87. The largest absolute Gasteiger partial charge is 0.393 e. The molecule has 0 spiro atoms. The van der Waals surface area contributed by atoms with E-state index in [4.69, 9.17) is 0 Å². The molecule has 1 aliphatic heterocycles. The number of hydrogen-bond acceptors (Lipinski definition) is 2. The fraction of sp³-hybridized carbons (Fsp3) is 0.667. The fourth-order valence-electron chi connectivity index (χ4n) is 4.11. The van der Waals surface area contributed by atoms with Crippen LogP contribution in [0.1, 0.15) is 64.0 Å². The SMILES string of the molecule is CC(C)(C)c1ccc(CC2CCN([C@H]3CC[C@@H](O)CC3)C2=O)cc1. The molecule has 132 valence electrons. The van der Waals surface area contributed by atoms with Crippen molar-refractivity contribution in [3.05, 3.63) is 35.4 Å². The van der Waals surface area contributed by atoms with Gasteiger partial charge in [0.2, 0.25) is 5.91 Å². The summed E-state index contributed by atoms with van der Waals surface area (Å²) in [6.07, 6.45) is 5.27. The minimum Gasteiger partial charge on any atom is -0.393 e. The monoisotopic (exact) mass is 329 g/mol. The molecule has 2 aliphatic rings. The van der Waals surface area contributed by atoms with Crippen LogP contribution in [0.5, 0.6) is 0 Å². The predicted molar refractivity (Wildman–Crippen MR) is 96.9 cm³/mol. The van der Waals surface area contributed by atoms with Gasteiger partial charge in [-0.05, 0) is 55.1 Å². The van der Waals surface area contributed by atoms with Gasteiger partial charge in [-0.2, -0.15) is 0 Å². The van der Waals surface area contributed by atoms with Gasteiger partial charge < -0.3 is 10.0 Å². The molecule has 1 heterocycles. The van der Waals surface area contributed by atoms with Crippen molar-refractivity contribution in [3.8, 4) is 0 Å². The summed E-state index contributed by atoms with van der Waals surface area (Å²) in [4.78, 5) is 14.9. The summed E-state index contributed by atoms with van der Waals surface area (Å²) in [6.45, 7) is 7.56. The summed E-state index contributed by atoms with van der Waals surface area (Å²) in [5.41, 5.74) is 2.78. The minimum atomic E-state index is -0.156. The Labute approximate surface area is 146 Å². The van der Waals surface area contributed by atoms with Gasteiger partial charge in [-0.15, -0.1) is 0 Å². The molecule has 1 aromatic carbocycles. The molecule has 0 radical (unpaired) electrons. The maximum Gasteiger partial charge on any atom is 0.226 e. The second-order valence-corrected chi connectivity index (χ2v) is 8.63. The summed E-state index contributed by atoms with van der Waals surface area (Å²) >= 11 is 0. The van der Waals surface area contributed by atoms with Crippen molar-refractivity contribution in [1.82, 2.24) is 4.90 Å². The Kier molecular flexibility index (Phi) is 5.00. The van der Waals surface area contributed by atoms with Crippen LogP contribution in [0.2, 0.25) is 0 Å². The first-order valence-electron chi connectivity index (χ1n) is 9.42. The Bertz CT molecular complexity index is 564. The third kappa shape index (κ3) is 3.83. The zero-order valence-corrected chi connectivity index (χ0v) is 15.3. The van der Waals surface area contributed by atoms with Crippen LogP contribution in [-0.4, -0.2) is 34.6 Å². The molecule has 3 heteroatoms. The Morgan fingerprint density at radius 2 is 1.67 bits per heavy atom. The van der Waals surface area contributed by atoms with Gasteiger partial charge in [-0.1, -0.05) is 45.0 Å². The number of rotatable bonds is 3. The van der Waals surface area contributed by atoms with Gasteiger partial charge in [0.05, 0.1) is 6.10 Å². The lowest BCUT2D eigenvalue weighted by atomic mass is 9.86. The first-order chi connectivity index (χ1) is 11.3. The minimum absolute atomic E-state index is 0.136. The molecule has 1 saturated heterocycles. The molecule has 1 aromatic rings. The standard InChI is InChI=1S/C21H31NO2/c1-21(2,3)17-6-4-15(5-7-17)14-16-12-13-22(20(16)24)18-8-10-19(23)11-9-18/h4-7,16,18-19,23H,8-14H2,1-3H3/t16?,18-,19+. The molecule has 1 N–H and O–H groups in total. The summed E-state index contributed by atoms with van der Waals surface area (Å²) in [6, 6.07) is 9.14. The van der Waals surface area contributed by atoms with Crippen LogP contribution >= 0.6 is 0 Å². The average molecular weight is 329 g/mol. The molecular formula is C21H31NO2. The van der Waals surface area contributed by atoms with Crippen molar-refractivity contribution in [2.24, 2.45) is 5.92 Å². The third-order valence-corrected chi connectivity index (χ3v) is 5.76. The molecule has 3 nitrogen and oxygen atoms in total. The van der Waals surface area contributed by atoms with Crippen molar-refractivity contribution >= 4 is 5.91 Å². The topological polar surface area (TPSA) is 40.5 Å². The van der Waals surface area contributed by atoms with E-state index in [9.17, 15) is 9.90 Å². The van der Waals surface area contributed by atoms with Gasteiger partial charge >= 0.3 is 0 Å². The lowest BCUT2D eigenvalue weighted by molar-refractivity contribution is -0.133. The lowest BCUT2D eigenvalue weighted by Gasteiger charge is -2.33. The zero-order chi connectivity index (χ0) is 17.3. The number of hydrogen-bond donors (Lipinski definition) is 1. The number of amides is 1. The van der Waals surface area contributed by atoms with Gasteiger partial charge in [-0.25, -0.2) is 0 Å². The van der Waals surface area contributed by atoms with E-state index in [-0.39, 0.29) is 17.4 Å². The molecule has 2 fully saturated rings. The third-order valence-electron chi connectivity index (χ3n) is 5.76. The van der Waals surface area contributed by atoms with Gasteiger partial charge in [0.25, 0.3) is 0 Å². The Morgan fingerprint density at radius 3 is 2.25 bits per heavy atom. The van der Waals surface area contributed by atoms with E-state index in [2.05, 4.69) is 49.9 Å². The van der Waals surface area contributed by atoms with E-state index < -0.39 is 0 Å². The first kappa shape index (κ1) is 17.5. The highest BCUT2D eigenvalue weighted by molar-refractivity contribution is 5.81. The molecule has 1 aliphatic carbocycles. The Balaban J connectivity index is 1.59. The summed E-state index contributed by atoms with van der Waals surface area (Å²) < 4.78 is 0. The van der Waals surface area contributed by atoms with E-state index >= 15 is 0 Å². The second-order valence-electron chi connectivity index (χ2n) is 8.63. The maximum atomic E-state index is 12.8. The summed E-state index contributed by atoms with van der Waals surface area (Å²) in [5, 5.41) is 9.66. The number of aliphatic hydroxyl groups is 1. The molecule has 1 amide bonds. The quantitative estimate of drug-likeness (QED) is 0.919. The average Bonchev–Trinajstić information content (AvgIpc) is 2.89. The molecule has 1 saturated carbocycles. The number of aliphatic hydroxyl groups excluding tert-OH is 1. The van der Waals surface area contributed by atoms with Gasteiger partial charge in [-0.3, -0.25) is 4.79 Å². The molecular weight excluding hydrogens is 298 g/mol. The van der Waals surface area contributed by atoms with E-state index in [1.54, 1.807) is 0 Å². The molecule has 1 atom stereocenters. The highest BCUT2D eigenvalue weighted by atomic mass is 16.3. The van der Waals surface area contributed by atoms with Crippen LogP contribution in [0.3, 0.4) is 0 Å². The molecule has 0 bridgehead atoms. The number of nitrogens with zero attached hydrogens (tertiary/aromatic N) is 1. The van der Waals surface area contributed by atoms with E-state index in [0.29, 0.717) is 11.9 Å². The summed E-state index contributed by atoms with van der Waals surface area (Å²) in [7, 11) is 0. The fourth-order valence-corrected chi connectivity index (χ4v) is 4.11. The Hall–Kier alpha value is -1.35. The van der Waals surface area contributed by atoms with Crippen molar-refractivity contribution < 1.29 is 9.90 Å². The van der Waals surface area contributed by atoms with Crippen molar-refractivity contribution in [2.45, 2.75) is 76.9 Å². The van der Waals surface area contributed by atoms with Gasteiger partial charge in [0.1, 0.15) is 0 Å². The van der Waals surface area contributed by atoms with Crippen LogP contribution in [0.15, 0.2) is 24.3 Å².